The number of amides is 1. The van der Waals surface area contributed by atoms with Crippen molar-refractivity contribution in [1.82, 2.24) is 9.80 Å². The monoisotopic (exact) mass is 337 g/mol. The van der Waals surface area contributed by atoms with Crippen LogP contribution < -0.4 is 0 Å². The molecule has 0 aromatic heterocycles. The number of nitriles is 1. The first kappa shape index (κ1) is 17.1. The smallest absolute Gasteiger partial charge is 0.253 e. The lowest BCUT2D eigenvalue weighted by molar-refractivity contribution is 0.0737. The Hall–Kier alpha value is -2.71. The summed E-state index contributed by atoms with van der Waals surface area (Å²) in [5.74, 6) is -0.523. The summed E-state index contributed by atoms with van der Waals surface area (Å²) in [6.07, 6.45) is 0.989. The summed E-state index contributed by atoms with van der Waals surface area (Å²) in [6.45, 7) is 1.90. The summed E-state index contributed by atoms with van der Waals surface area (Å²) in [7, 11) is 3.91. The highest BCUT2D eigenvalue weighted by atomic mass is 19.1. The molecule has 1 saturated heterocycles. The molecule has 1 aliphatic rings. The Morgan fingerprint density at radius 1 is 1.24 bits per heavy atom. The van der Waals surface area contributed by atoms with Gasteiger partial charge in [-0.05, 0) is 55.4 Å². The molecule has 0 N–H and O–H groups in total. The Kier molecular flexibility index (Phi) is 4.82. The van der Waals surface area contributed by atoms with Gasteiger partial charge in [-0.1, -0.05) is 18.2 Å². The highest BCUT2D eigenvalue weighted by molar-refractivity contribution is 5.94. The van der Waals surface area contributed by atoms with Crippen LogP contribution in [0.5, 0.6) is 0 Å². The molecule has 1 amide bonds. The second kappa shape index (κ2) is 7.04. The number of hydrogen-bond donors (Lipinski definition) is 0. The number of halogens is 1. The van der Waals surface area contributed by atoms with Gasteiger partial charge in [0.05, 0.1) is 5.56 Å². The average Bonchev–Trinajstić information content (AvgIpc) is 3.07. The summed E-state index contributed by atoms with van der Waals surface area (Å²) in [4.78, 5) is 16.7. The standard InChI is InChI=1S/C20H20FN3O/c1-23-10-9-18(13-23)24(2)20(25)15-5-3-14(4-6-15)16-7-8-19(21)17(11-16)12-22/h3-8,11,18H,9-10,13H2,1-2H3. The molecule has 0 radical (unpaired) electrons. The van der Waals surface area contributed by atoms with E-state index in [0.717, 1.165) is 30.6 Å². The van der Waals surface area contributed by atoms with Crippen LogP contribution in [0.15, 0.2) is 42.5 Å². The molecule has 1 fully saturated rings. The average molecular weight is 337 g/mol. The second-order valence-electron chi connectivity index (χ2n) is 6.50. The van der Waals surface area contributed by atoms with Crippen LogP contribution in [-0.4, -0.2) is 48.9 Å². The molecule has 1 aliphatic heterocycles. The number of rotatable bonds is 3. The molecule has 1 unspecified atom stereocenters. The molecule has 5 heteroatoms. The van der Waals surface area contributed by atoms with Crippen molar-refractivity contribution in [1.29, 1.82) is 5.26 Å². The third-order valence-electron chi connectivity index (χ3n) is 4.79. The summed E-state index contributed by atoms with van der Waals surface area (Å²) in [5.41, 5.74) is 2.24. The number of carbonyl (C=O) groups is 1. The predicted octanol–water partition coefficient (Wildman–Crippen LogP) is 3.14. The first-order valence-corrected chi connectivity index (χ1v) is 8.25. The highest BCUT2D eigenvalue weighted by Crippen LogP contribution is 2.23. The molecule has 0 spiro atoms. The van der Waals surface area contributed by atoms with E-state index in [-0.39, 0.29) is 17.5 Å². The van der Waals surface area contributed by atoms with Crippen LogP contribution in [-0.2, 0) is 0 Å². The van der Waals surface area contributed by atoms with Gasteiger partial charge < -0.3 is 9.80 Å². The van der Waals surface area contributed by atoms with Crippen LogP contribution in [0.3, 0.4) is 0 Å². The Bertz CT molecular complexity index is 826. The van der Waals surface area contributed by atoms with Crippen molar-refractivity contribution in [3.63, 3.8) is 0 Å². The van der Waals surface area contributed by atoms with E-state index >= 15 is 0 Å². The lowest BCUT2D eigenvalue weighted by Gasteiger charge is -2.24. The molecule has 2 aromatic carbocycles. The molecule has 2 aromatic rings. The van der Waals surface area contributed by atoms with Gasteiger partial charge in [0, 0.05) is 25.2 Å². The van der Waals surface area contributed by atoms with E-state index in [4.69, 9.17) is 5.26 Å². The SMILES string of the molecule is CN1CCC(N(C)C(=O)c2ccc(-c3ccc(F)c(C#N)c3)cc2)C1. The topological polar surface area (TPSA) is 47.3 Å². The van der Waals surface area contributed by atoms with Crippen LogP contribution in [0.25, 0.3) is 11.1 Å². The largest absolute Gasteiger partial charge is 0.337 e. The van der Waals surface area contributed by atoms with Crippen molar-refractivity contribution in [2.75, 3.05) is 27.2 Å². The first-order chi connectivity index (χ1) is 12.0. The van der Waals surface area contributed by atoms with Crippen molar-refractivity contribution >= 4 is 5.91 Å². The van der Waals surface area contributed by atoms with E-state index in [9.17, 15) is 9.18 Å². The van der Waals surface area contributed by atoms with E-state index in [1.807, 2.05) is 30.1 Å². The van der Waals surface area contributed by atoms with E-state index in [1.165, 1.54) is 12.1 Å². The molecular formula is C20H20FN3O. The lowest BCUT2D eigenvalue weighted by atomic mass is 10.0. The Morgan fingerprint density at radius 3 is 2.52 bits per heavy atom. The lowest BCUT2D eigenvalue weighted by Crippen LogP contribution is -2.38. The summed E-state index contributed by atoms with van der Waals surface area (Å²) in [5, 5.41) is 8.95. The molecule has 0 aliphatic carbocycles. The maximum absolute atomic E-state index is 13.4. The van der Waals surface area contributed by atoms with Gasteiger partial charge in [0.25, 0.3) is 5.91 Å². The van der Waals surface area contributed by atoms with Gasteiger partial charge >= 0.3 is 0 Å². The highest BCUT2D eigenvalue weighted by Gasteiger charge is 2.26. The van der Waals surface area contributed by atoms with Gasteiger partial charge in [-0.25, -0.2) is 4.39 Å². The molecular weight excluding hydrogens is 317 g/mol. The third-order valence-corrected chi connectivity index (χ3v) is 4.79. The van der Waals surface area contributed by atoms with Gasteiger partial charge in [0.2, 0.25) is 0 Å². The second-order valence-corrected chi connectivity index (χ2v) is 6.50. The minimum Gasteiger partial charge on any atom is -0.337 e. The number of likely N-dealkylation sites (N-methyl/N-ethyl adjacent to an activating group) is 2. The van der Waals surface area contributed by atoms with Crippen molar-refractivity contribution in [2.24, 2.45) is 0 Å². The fourth-order valence-electron chi connectivity index (χ4n) is 3.19. The molecule has 0 bridgehead atoms. The van der Waals surface area contributed by atoms with Crippen LogP contribution in [0.2, 0.25) is 0 Å². The summed E-state index contributed by atoms with van der Waals surface area (Å²) >= 11 is 0. The Morgan fingerprint density at radius 2 is 1.92 bits per heavy atom. The Balaban J connectivity index is 1.78. The van der Waals surface area contributed by atoms with Crippen molar-refractivity contribution in [3.8, 4) is 17.2 Å². The van der Waals surface area contributed by atoms with Gasteiger partial charge in [-0.15, -0.1) is 0 Å². The van der Waals surface area contributed by atoms with Crippen LogP contribution in [0, 0.1) is 17.1 Å². The fraction of sp³-hybridized carbons (Fsp3) is 0.300. The minimum absolute atomic E-state index is 0.00340. The van der Waals surface area contributed by atoms with Crippen molar-refractivity contribution in [3.05, 3.63) is 59.4 Å². The van der Waals surface area contributed by atoms with Gasteiger partial charge in [-0.3, -0.25) is 4.79 Å². The minimum atomic E-state index is -0.527. The number of benzene rings is 2. The molecule has 1 atom stereocenters. The van der Waals surface area contributed by atoms with Gasteiger partial charge in [0.15, 0.2) is 0 Å². The Labute approximate surface area is 147 Å². The van der Waals surface area contributed by atoms with Crippen LogP contribution >= 0.6 is 0 Å². The fourth-order valence-corrected chi connectivity index (χ4v) is 3.19. The quantitative estimate of drug-likeness (QED) is 0.864. The van der Waals surface area contributed by atoms with Gasteiger partial charge in [-0.2, -0.15) is 5.26 Å². The van der Waals surface area contributed by atoms with E-state index in [0.29, 0.717) is 5.56 Å². The first-order valence-electron chi connectivity index (χ1n) is 8.25. The van der Waals surface area contributed by atoms with E-state index in [1.54, 1.807) is 18.2 Å². The molecule has 128 valence electrons. The maximum atomic E-state index is 13.4. The van der Waals surface area contributed by atoms with Crippen molar-refractivity contribution < 1.29 is 9.18 Å². The zero-order valence-electron chi connectivity index (χ0n) is 14.4. The van der Waals surface area contributed by atoms with Crippen LogP contribution in [0.4, 0.5) is 4.39 Å². The van der Waals surface area contributed by atoms with Crippen molar-refractivity contribution in [2.45, 2.75) is 12.5 Å². The summed E-state index contributed by atoms with van der Waals surface area (Å²) < 4.78 is 13.4. The summed E-state index contributed by atoms with van der Waals surface area (Å²) in [6, 6.07) is 13.7. The van der Waals surface area contributed by atoms with E-state index < -0.39 is 5.82 Å². The molecule has 3 rings (SSSR count). The zero-order valence-corrected chi connectivity index (χ0v) is 14.4. The van der Waals surface area contributed by atoms with E-state index in [2.05, 4.69) is 11.9 Å². The molecule has 4 nitrogen and oxygen atoms in total. The third kappa shape index (κ3) is 3.54. The van der Waals surface area contributed by atoms with Gasteiger partial charge in [0.1, 0.15) is 11.9 Å². The normalized spacial score (nSPS) is 17.3. The zero-order chi connectivity index (χ0) is 18.0. The molecule has 25 heavy (non-hydrogen) atoms. The molecule has 0 saturated carbocycles. The number of hydrogen-bond acceptors (Lipinski definition) is 3. The number of likely N-dealkylation sites (tertiary alicyclic amines) is 1. The molecule has 1 heterocycles. The predicted molar refractivity (Wildman–Crippen MR) is 94.5 cm³/mol. The maximum Gasteiger partial charge on any atom is 0.253 e. The number of nitrogens with zero attached hydrogens (tertiary/aromatic N) is 3. The number of carbonyl (C=O) groups excluding carboxylic acids is 1. The van der Waals surface area contributed by atoms with Crippen LogP contribution in [0.1, 0.15) is 22.3 Å².